The molecule has 1 aliphatic rings. The molecule has 4 nitrogen and oxygen atoms in total. The van der Waals surface area contributed by atoms with Crippen molar-refractivity contribution in [3.8, 4) is 6.07 Å². The number of fused-ring (bicyclic) bond motifs is 1. The van der Waals surface area contributed by atoms with Crippen LogP contribution in [0.2, 0.25) is 0 Å². The van der Waals surface area contributed by atoms with Gasteiger partial charge in [-0.3, -0.25) is 4.68 Å². The van der Waals surface area contributed by atoms with Gasteiger partial charge in [0.1, 0.15) is 6.07 Å². The number of nitrogens with zero attached hydrogens (tertiary/aromatic N) is 4. The van der Waals surface area contributed by atoms with Crippen LogP contribution >= 0.6 is 0 Å². The van der Waals surface area contributed by atoms with Crippen LogP contribution in [0.3, 0.4) is 0 Å². The van der Waals surface area contributed by atoms with E-state index in [0.717, 1.165) is 31.6 Å². The molecule has 0 N–H and O–H groups in total. The minimum atomic E-state index is 0.620. The van der Waals surface area contributed by atoms with Gasteiger partial charge >= 0.3 is 0 Å². The summed E-state index contributed by atoms with van der Waals surface area (Å²) in [5.41, 5.74) is 3.00. The maximum atomic E-state index is 8.93. The average Bonchev–Trinajstić information content (AvgIpc) is 2.55. The van der Waals surface area contributed by atoms with Crippen LogP contribution in [-0.4, -0.2) is 28.3 Å². The Kier molecular flexibility index (Phi) is 2.26. The van der Waals surface area contributed by atoms with Crippen LogP contribution in [0.5, 0.6) is 0 Å². The van der Waals surface area contributed by atoms with E-state index in [-0.39, 0.29) is 0 Å². The van der Waals surface area contributed by atoms with Crippen molar-refractivity contribution in [1.82, 2.24) is 14.7 Å². The van der Waals surface area contributed by atoms with Gasteiger partial charge in [0.2, 0.25) is 0 Å². The molecule has 0 unspecified atom stereocenters. The second-order valence-corrected chi connectivity index (χ2v) is 3.69. The fourth-order valence-corrected chi connectivity index (χ4v) is 1.96. The molecule has 2 heterocycles. The lowest BCUT2D eigenvalue weighted by Crippen LogP contribution is -2.27. The standard InChI is InChI=1S/C10H14N4/c1-3-14-10-7-13(2)5-4-8(10)9(6-11)12-14/h3-5,7H2,1-2H3. The first-order chi connectivity index (χ1) is 6.76. The highest BCUT2D eigenvalue weighted by Crippen LogP contribution is 2.20. The lowest BCUT2D eigenvalue weighted by molar-refractivity contribution is 0.300. The zero-order valence-electron chi connectivity index (χ0n) is 8.62. The quantitative estimate of drug-likeness (QED) is 0.656. The van der Waals surface area contributed by atoms with Crippen LogP contribution in [0.25, 0.3) is 0 Å². The first kappa shape index (κ1) is 9.22. The first-order valence-corrected chi connectivity index (χ1v) is 4.93. The monoisotopic (exact) mass is 190 g/mol. The molecule has 0 fully saturated rings. The lowest BCUT2D eigenvalue weighted by Gasteiger charge is -2.23. The highest BCUT2D eigenvalue weighted by molar-refractivity contribution is 5.36. The van der Waals surface area contributed by atoms with E-state index in [0.29, 0.717) is 5.69 Å². The fraction of sp³-hybridized carbons (Fsp3) is 0.600. The third-order valence-electron chi connectivity index (χ3n) is 2.74. The minimum Gasteiger partial charge on any atom is -0.300 e. The molecular formula is C10H14N4. The summed E-state index contributed by atoms with van der Waals surface area (Å²) in [5, 5.41) is 13.2. The summed E-state index contributed by atoms with van der Waals surface area (Å²) in [6, 6.07) is 2.17. The van der Waals surface area contributed by atoms with E-state index in [4.69, 9.17) is 5.26 Å². The van der Waals surface area contributed by atoms with Gasteiger partial charge in [0.25, 0.3) is 0 Å². The van der Waals surface area contributed by atoms with Crippen LogP contribution in [0, 0.1) is 11.3 Å². The Morgan fingerprint density at radius 3 is 3.00 bits per heavy atom. The number of aromatic nitrogens is 2. The predicted molar refractivity (Wildman–Crippen MR) is 52.7 cm³/mol. The molecule has 0 radical (unpaired) electrons. The molecule has 2 rings (SSSR count). The number of hydrogen-bond donors (Lipinski definition) is 0. The normalized spacial score (nSPS) is 16.4. The Morgan fingerprint density at radius 2 is 2.36 bits per heavy atom. The first-order valence-electron chi connectivity index (χ1n) is 4.93. The molecule has 14 heavy (non-hydrogen) atoms. The summed E-state index contributed by atoms with van der Waals surface area (Å²) in [7, 11) is 2.10. The molecule has 0 amide bonds. The van der Waals surface area contributed by atoms with Gasteiger partial charge in [-0.25, -0.2) is 0 Å². The molecule has 0 aliphatic carbocycles. The molecule has 4 heteroatoms. The Bertz CT molecular complexity index is 386. The summed E-state index contributed by atoms with van der Waals surface area (Å²) >= 11 is 0. The van der Waals surface area contributed by atoms with Gasteiger partial charge in [-0.1, -0.05) is 0 Å². The van der Waals surface area contributed by atoms with Gasteiger partial charge in [0, 0.05) is 25.2 Å². The Hall–Kier alpha value is -1.34. The van der Waals surface area contributed by atoms with Gasteiger partial charge in [-0.05, 0) is 20.4 Å². The van der Waals surface area contributed by atoms with Crippen molar-refractivity contribution in [2.75, 3.05) is 13.6 Å². The molecule has 0 atom stereocenters. The van der Waals surface area contributed by atoms with Crippen molar-refractivity contribution in [3.63, 3.8) is 0 Å². The van der Waals surface area contributed by atoms with E-state index in [2.05, 4.69) is 30.0 Å². The summed E-state index contributed by atoms with van der Waals surface area (Å²) < 4.78 is 1.95. The largest absolute Gasteiger partial charge is 0.300 e. The Morgan fingerprint density at radius 1 is 1.57 bits per heavy atom. The van der Waals surface area contributed by atoms with E-state index >= 15 is 0 Å². The zero-order chi connectivity index (χ0) is 10.1. The molecule has 0 spiro atoms. The van der Waals surface area contributed by atoms with Crippen molar-refractivity contribution in [2.45, 2.75) is 26.4 Å². The summed E-state index contributed by atoms with van der Waals surface area (Å²) in [6.07, 6.45) is 0.953. The Balaban J connectivity index is 2.48. The van der Waals surface area contributed by atoms with E-state index in [1.807, 2.05) is 4.68 Å². The van der Waals surface area contributed by atoms with E-state index < -0.39 is 0 Å². The fourth-order valence-electron chi connectivity index (χ4n) is 1.96. The third-order valence-corrected chi connectivity index (χ3v) is 2.74. The van der Waals surface area contributed by atoms with Crippen LogP contribution in [-0.2, 0) is 19.5 Å². The van der Waals surface area contributed by atoms with Gasteiger partial charge in [-0.2, -0.15) is 10.4 Å². The molecular weight excluding hydrogens is 176 g/mol. The van der Waals surface area contributed by atoms with Crippen LogP contribution < -0.4 is 0 Å². The molecule has 1 aliphatic heterocycles. The van der Waals surface area contributed by atoms with Crippen LogP contribution in [0.15, 0.2) is 0 Å². The number of aryl methyl sites for hydroxylation is 1. The van der Waals surface area contributed by atoms with Crippen molar-refractivity contribution >= 4 is 0 Å². The number of rotatable bonds is 1. The van der Waals surface area contributed by atoms with Crippen molar-refractivity contribution in [1.29, 1.82) is 5.26 Å². The van der Waals surface area contributed by atoms with Crippen molar-refractivity contribution < 1.29 is 0 Å². The molecule has 0 saturated heterocycles. The predicted octanol–water partition coefficient (Wildman–Crippen LogP) is 0.763. The molecule has 1 aromatic heterocycles. The van der Waals surface area contributed by atoms with Gasteiger partial charge in [0.15, 0.2) is 5.69 Å². The Labute approximate surface area is 83.7 Å². The van der Waals surface area contributed by atoms with E-state index in [9.17, 15) is 0 Å². The van der Waals surface area contributed by atoms with Gasteiger partial charge in [0.05, 0.1) is 5.69 Å². The second kappa shape index (κ2) is 3.43. The van der Waals surface area contributed by atoms with Gasteiger partial charge < -0.3 is 4.90 Å². The van der Waals surface area contributed by atoms with E-state index in [1.54, 1.807) is 0 Å². The molecule has 0 bridgehead atoms. The SMILES string of the molecule is CCn1nc(C#N)c2c1CN(C)CC2. The summed E-state index contributed by atoms with van der Waals surface area (Å²) in [5.74, 6) is 0. The van der Waals surface area contributed by atoms with Crippen LogP contribution in [0.1, 0.15) is 23.9 Å². The summed E-state index contributed by atoms with van der Waals surface area (Å²) in [6.45, 7) is 4.84. The third kappa shape index (κ3) is 1.30. The van der Waals surface area contributed by atoms with Gasteiger partial charge in [-0.15, -0.1) is 0 Å². The number of hydrogen-bond acceptors (Lipinski definition) is 3. The number of nitriles is 1. The molecule has 74 valence electrons. The molecule has 1 aromatic rings. The highest BCUT2D eigenvalue weighted by atomic mass is 15.3. The second-order valence-electron chi connectivity index (χ2n) is 3.69. The van der Waals surface area contributed by atoms with E-state index in [1.165, 1.54) is 5.69 Å². The molecule has 0 saturated carbocycles. The average molecular weight is 190 g/mol. The smallest absolute Gasteiger partial charge is 0.166 e. The van der Waals surface area contributed by atoms with Crippen LogP contribution in [0.4, 0.5) is 0 Å². The molecule has 0 aromatic carbocycles. The zero-order valence-corrected chi connectivity index (χ0v) is 8.62. The van der Waals surface area contributed by atoms with Crippen molar-refractivity contribution in [2.24, 2.45) is 0 Å². The summed E-state index contributed by atoms with van der Waals surface area (Å²) in [4.78, 5) is 2.26. The maximum absolute atomic E-state index is 8.93. The maximum Gasteiger partial charge on any atom is 0.166 e. The number of likely N-dealkylation sites (N-methyl/N-ethyl adjacent to an activating group) is 1. The topological polar surface area (TPSA) is 44.9 Å². The van der Waals surface area contributed by atoms with Crippen molar-refractivity contribution in [3.05, 3.63) is 17.0 Å². The highest BCUT2D eigenvalue weighted by Gasteiger charge is 2.22. The lowest BCUT2D eigenvalue weighted by atomic mass is 10.1. The minimum absolute atomic E-state index is 0.620.